The van der Waals surface area contributed by atoms with Crippen LogP contribution in [0, 0.1) is 0 Å². The van der Waals surface area contributed by atoms with Crippen LogP contribution in [0.1, 0.15) is 43.9 Å². The Labute approximate surface area is 219 Å². The number of hydrogen-bond donors (Lipinski definition) is 0. The predicted molar refractivity (Wildman–Crippen MR) is 131 cm³/mol. The van der Waals surface area contributed by atoms with Crippen molar-refractivity contribution in [3.05, 3.63) is 35.4 Å². The molecule has 0 saturated heterocycles. The van der Waals surface area contributed by atoms with Gasteiger partial charge in [0.15, 0.2) is 23.0 Å². The minimum atomic E-state index is -1.29. The molecule has 206 valence electrons. The zero-order valence-corrected chi connectivity index (χ0v) is 22.4. The van der Waals surface area contributed by atoms with Crippen LogP contribution in [0.4, 0.5) is 0 Å². The maximum Gasteiger partial charge on any atom is 0.317 e. The lowest BCUT2D eigenvalue weighted by Crippen LogP contribution is -2.25. The molecular weight excluding hydrogens is 504 g/mol. The average molecular weight is 535 g/mol. The highest BCUT2D eigenvalue weighted by Crippen LogP contribution is 2.47. The molecule has 2 unspecified atom stereocenters. The fourth-order valence-electron chi connectivity index (χ4n) is 3.70. The molecule has 0 saturated carbocycles. The van der Waals surface area contributed by atoms with Crippen molar-refractivity contribution in [1.82, 2.24) is 0 Å². The zero-order chi connectivity index (χ0) is 28.6. The molecule has 0 fully saturated rings. The Bertz CT molecular complexity index is 1150. The highest BCUT2D eigenvalue weighted by Gasteiger charge is 2.37. The van der Waals surface area contributed by atoms with E-state index in [-0.39, 0.29) is 45.6 Å². The molecule has 2 aromatic carbocycles. The molecule has 0 aliphatic heterocycles. The average Bonchev–Trinajstić information content (AvgIpc) is 2.87. The summed E-state index contributed by atoms with van der Waals surface area (Å²) in [4.78, 5) is 48.6. The fraction of sp³-hybridized carbons (Fsp3) is 0.385. The summed E-state index contributed by atoms with van der Waals surface area (Å²) in [6.45, 7) is 3.59. The summed E-state index contributed by atoms with van der Waals surface area (Å²) in [6.07, 6.45) is -1.29. The summed E-state index contributed by atoms with van der Waals surface area (Å²) >= 11 is 0. The molecule has 2 aromatic rings. The van der Waals surface area contributed by atoms with Crippen molar-refractivity contribution in [2.75, 3.05) is 35.5 Å². The van der Waals surface area contributed by atoms with E-state index in [2.05, 4.69) is 0 Å². The molecule has 0 aliphatic rings. The van der Waals surface area contributed by atoms with Gasteiger partial charge in [0.05, 0.1) is 35.5 Å². The quantitative estimate of drug-likeness (QED) is 0.309. The summed E-state index contributed by atoms with van der Waals surface area (Å²) in [5, 5.41) is 0. The molecule has 12 heteroatoms. The lowest BCUT2D eigenvalue weighted by atomic mass is 9.88. The maximum atomic E-state index is 13.2. The van der Waals surface area contributed by atoms with Crippen LogP contribution in [-0.2, 0) is 28.7 Å². The molecule has 0 radical (unpaired) electrons. The van der Waals surface area contributed by atoms with Gasteiger partial charge in [0.25, 0.3) is 0 Å². The van der Waals surface area contributed by atoms with Crippen molar-refractivity contribution in [2.45, 2.75) is 32.8 Å². The van der Waals surface area contributed by atoms with Crippen LogP contribution >= 0.6 is 0 Å². The second-order valence-electron chi connectivity index (χ2n) is 7.73. The van der Waals surface area contributed by atoms with Crippen LogP contribution < -0.4 is 28.4 Å². The van der Waals surface area contributed by atoms with Gasteiger partial charge in [0.2, 0.25) is 11.5 Å². The number of ether oxygens (including phenoxy) is 8. The van der Waals surface area contributed by atoms with E-state index in [1.54, 1.807) is 0 Å². The third-order valence-corrected chi connectivity index (χ3v) is 5.20. The van der Waals surface area contributed by atoms with E-state index in [9.17, 15) is 19.2 Å². The summed E-state index contributed by atoms with van der Waals surface area (Å²) in [6, 6.07) is 5.74. The molecule has 2 rings (SSSR count). The van der Waals surface area contributed by atoms with Crippen LogP contribution in [0.5, 0.6) is 34.5 Å². The van der Waals surface area contributed by atoms with E-state index in [0.717, 1.165) is 0 Å². The monoisotopic (exact) mass is 534 g/mol. The fourth-order valence-corrected chi connectivity index (χ4v) is 3.70. The molecular formula is C26H30O12. The minimum absolute atomic E-state index is 0.00323. The molecule has 0 heterocycles. The molecule has 0 bridgehead atoms. The van der Waals surface area contributed by atoms with E-state index in [0.29, 0.717) is 0 Å². The second-order valence-corrected chi connectivity index (χ2v) is 7.73. The number of carbonyl (C=O) groups is 4. The van der Waals surface area contributed by atoms with E-state index in [1.165, 1.54) is 80.6 Å². The molecule has 2 atom stereocenters. The molecule has 0 aromatic heterocycles. The highest BCUT2D eigenvalue weighted by atomic mass is 16.6. The van der Waals surface area contributed by atoms with Gasteiger partial charge in [-0.25, -0.2) is 0 Å². The number of benzene rings is 2. The van der Waals surface area contributed by atoms with E-state index < -0.39 is 35.9 Å². The van der Waals surface area contributed by atoms with Crippen molar-refractivity contribution in [3.63, 3.8) is 0 Å². The Kier molecular flexibility index (Phi) is 10.3. The summed E-state index contributed by atoms with van der Waals surface area (Å²) < 4.78 is 42.6. The Morgan fingerprint density at radius 1 is 0.579 bits per heavy atom. The van der Waals surface area contributed by atoms with Gasteiger partial charge >= 0.3 is 23.9 Å². The lowest BCUT2D eigenvalue weighted by Gasteiger charge is -2.27. The van der Waals surface area contributed by atoms with E-state index in [4.69, 9.17) is 37.9 Å². The minimum Gasteiger partial charge on any atom is -0.493 e. The third kappa shape index (κ3) is 6.84. The first-order valence-corrected chi connectivity index (χ1v) is 11.1. The van der Waals surface area contributed by atoms with Gasteiger partial charge in [-0.05, 0) is 29.8 Å². The van der Waals surface area contributed by atoms with Crippen LogP contribution in [0.2, 0.25) is 0 Å². The number of methoxy groups -OCH3 is 5. The molecule has 0 aliphatic carbocycles. The Hall–Kier alpha value is -4.48. The third-order valence-electron chi connectivity index (χ3n) is 5.20. The predicted octanol–water partition coefficient (Wildman–Crippen LogP) is 3.13. The van der Waals surface area contributed by atoms with Crippen molar-refractivity contribution in [2.24, 2.45) is 0 Å². The topological polar surface area (TPSA) is 142 Å². The first-order chi connectivity index (χ1) is 18.0. The zero-order valence-electron chi connectivity index (χ0n) is 22.4. The van der Waals surface area contributed by atoms with E-state index in [1.807, 2.05) is 0 Å². The van der Waals surface area contributed by atoms with Crippen LogP contribution in [0.25, 0.3) is 0 Å². The first-order valence-electron chi connectivity index (χ1n) is 11.1. The second kappa shape index (κ2) is 13.2. The maximum absolute atomic E-state index is 13.2. The van der Waals surface area contributed by atoms with Crippen LogP contribution in [0.15, 0.2) is 24.3 Å². The number of hydrogen-bond acceptors (Lipinski definition) is 12. The standard InChI is InChI=1S/C26H30O12/c1-13(27)36-23(17-11-20(33-6)25(38-15(3)29)21(12-17)34-7)22(26(30)35-8)16-9-18(31-4)24(37-14(2)28)19(10-16)32-5/h9-12,22-23H,1-8H3. The van der Waals surface area contributed by atoms with Gasteiger partial charge in [0.1, 0.15) is 12.0 Å². The smallest absolute Gasteiger partial charge is 0.317 e. The van der Waals surface area contributed by atoms with Gasteiger partial charge in [-0.1, -0.05) is 0 Å². The van der Waals surface area contributed by atoms with Crippen molar-refractivity contribution in [3.8, 4) is 34.5 Å². The van der Waals surface area contributed by atoms with Gasteiger partial charge in [-0.15, -0.1) is 0 Å². The first kappa shape index (κ1) is 29.7. The van der Waals surface area contributed by atoms with Crippen LogP contribution in [0.3, 0.4) is 0 Å². The lowest BCUT2D eigenvalue weighted by molar-refractivity contribution is -0.155. The van der Waals surface area contributed by atoms with Gasteiger partial charge in [0, 0.05) is 26.3 Å². The Balaban J connectivity index is 2.85. The molecule has 0 spiro atoms. The Morgan fingerprint density at radius 2 is 0.947 bits per heavy atom. The van der Waals surface area contributed by atoms with Crippen molar-refractivity contribution in [1.29, 1.82) is 0 Å². The van der Waals surface area contributed by atoms with Gasteiger partial charge < -0.3 is 37.9 Å². The van der Waals surface area contributed by atoms with Gasteiger partial charge in [-0.2, -0.15) is 0 Å². The number of rotatable bonds is 11. The summed E-state index contributed by atoms with van der Waals surface area (Å²) in [5.74, 6) is -3.70. The molecule has 0 amide bonds. The Morgan fingerprint density at radius 3 is 1.24 bits per heavy atom. The molecule has 0 N–H and O–H groups in total. The van der Waals surface area contributed by atoms with Crippen LogP contribution in [-0.4, -0.2) is 59.4 Å². The largest absolute Gasteiger partial charge is 0.493 e. The summed E-state index contributed by atoms with van der Waals surface area (Å²) in [5.41, 5.74) is 0.497. The van der Waals surface area contributed by atoms with Crippen molar-refractivity contribution >= 4 is 23.9 Å². The highest BCUT2D eigenvalue weighted by molar-refractivity contribution is 5.82. The SMILES string of the molecule is COC(=O)C(c1cc(OC)c(OC(C)=O)c(OC)c1)C(OC(C)=O)c1cc(OC)c(OC(C)=O)c(OC)c1. The molecule has 12 nitrogen and oxygen atoms in total. The van der Waals surface area contributed by atoms with Gasteiger partial charge in [-0.3, -0.25) is 19.2 Å². The van der Waals surface area contributed by atoms with E-state index >= 15 is 0 Å². The molecule has 38 heavy (non-hydrogen) atoms. The van der Waals surface area contributed by atoms with Crippen molar-refractivity contribution < 1.29 is 57.1 Å². The number of esters is 4. The normalized spacial score (nSPS) is 11.9. The summed E-state index contributed by atoms with van der Waals surface area (Å²) in [7, 11) is 6.53. The number of carbonyl (C=O) groups excluding carboxylic acids is 4.